The number of aromatic nitrogens is 3. The first-order valence-electron chi connectivity index (χ1n) is 7.18. The minimum absolute atomic E-state index is 0.372. The summed E-state index contributed by atoms with van der Waals surface area (Å²) in [4.78, 5) is 0. The minimum atomic E-state index is 0.372. The lowest BCUT2D eigenvalue weighted by Gasteiger charge is -2.11. The molecule has 0 amide bonds. The van der Waals surface area contributed by atoms with E-state index in [1.165, 1.54) is 6.42 Å². The van der Waals surface area contributed by atoms with Crippen molar-refractivity contribution in [2.45, 2.75) is 38.3 Å². The van der Waals surface area contributed by atoms with Crippen molar-refractivity contribution >= 4 is 0 Å². The number of benzene rings is 1. The number of rotatable bonds is 5. The van der Waals surface area contributed by atoms with Gasteiger partial charge in [-0.15, -0.1) is 10.2 Å². The molecule has 5 nitrogen and oxygen atoms in total. The molecule has 1 fully saturated rings. The van der Waals surface area contributed by atoms with Gasteiger partial charge in [-0.3, -0.25) is 4.57 Å². The van der Waals surface area contributed by atoms with Crippen molar-refractivity contribution in [1.82, 2.24) is 14.8 Å². The summed E-state index contributed by atoms with van der Waals surface area (Å²) in [5.74, 6) is 1.77. The van der Waals surface area contributed by atoms with Crippen LogP contribution in [0.2, 0.25) is 0 Å². The first-order valence-corrected chi connectivity index (χ1v) is 7.18. The maximum Gasteiger partial charge on any atom is 0.151 e. The van der Waals surface area contributed by atoms with Gasteiger partial charge in [0.1, 0.15) is 5.82 Å². The van der Waals surface area contributed by atoms with Gasteiger partial charge in [0.25, 0.3) is 0 Å². The van der Waals surface area contributed by atoms with E-state index in [0.29, 0.717) is 12.6 Å². The van der Waals surface area contributed by atoms with E-state index in [4.69, 9.17) is 10.5 Å². The minimum Gasteiger partial charge on any atom is -0.378 e. The van der Waals surface area contributed by atoms with Gasteiger partial charge in [-0.25, -0.2) is 0 Å². The molecular weight excluding hydrogens is 252 g/mol. The van der Waals surface area contributed by atoms with Gasteiger partial charge < -0.3 is 10.5 Å². The fourth-order valence-electron chi connectivity index (χ4n) is 2.68. The van der Waals surface area contributed by atoms with Crippen molar-refractivity contribution in [2.24, 2.45) is 5.73 Å². The summed E-state index contributed by atoms with van der Waals surface area (Å²) in [5, 5.41) is 8.51. The molecule has 106 valence electrons. The molecular formula is C15H20N4O. The van der Waals surface area contributed by atoms with Crippen molar-refractivity contribution in [1.29, 1.82) is 0 Å². The van der Waals surface area contributed by atoms with E-state index in [1.807, 2.05) is 18.2 Å². The normalized spacial score (nSPS) is 18.6. The van der Waals surface area contributed by atoms with Crippen LogP contribution < -0.4 is 5.73 Å². The van der Waals surface area contributed by atoms with E-state index in [-0.39, 0.29) is 0 Å². The standard InChI is InChI=1S/C15H20N4O/c16-11-15-18-17-14(9-8-13-7-4-10-20-13)19(15)12-5-2-1-3-6-12/h1-3,5-6,13H,4,7-11,16H2. The summed E-state index contributed by atoms with van der Waals surface area (Å²) in [6.45, 7) is 1.28. The number of ether oxygens (including phenoxy) is 1. The van der Waals surface area contributed by atoms with E-state index in [9.17, 15) is 0 Å². The lowest BCUT2D eigenvalue weighted by molar-refractivity contribution is 0.104. The maximum atomic E-state index is 5.77. The third-order valence-corrected chi connectivity index (χ3v) is 3.71. The number of hydrogen-bond acceptors (Lipinski definition) is 4. The molecule has 1 atom stereocenters. The predicted molar refractivity (Wildman–Crippen MR) is 76.5 cm³/mol. The van der Waals surface area contributed by atoms with Gasteiger partial charge in [-0.2, -0.15) is 0 Å². The highest BCUT2D eigenvalue weighted by atomic mass is 16.5. The highest BCUT2D eigenvalue weighted by molar-refractivity contribution is 5.34. The Morgan fingerprint density at radius 2 is 2.00 bits per heavy atom. The largest absolute Gasteiger partial charge is 0.378 e. The quantitative estimate of drug-likeness (QED) is 0.902. The maximum absolute atomic E-state index is 5.77. The van der Waals surface area contributed by atoms with Gasteiger partial charge in [0.15, 0.2) is 5.82 Å². The van der Waals surface area contributed by atoms with Gasteiger partial charge in [-0.1, -0.05) is 18.2 Å². The second kappa shape index (κ2) is 6.15. The average molecular weight is 272 g/mol. The molecule has 20 heavy (non-hydrogen) atoms. The molecule has 0 bridgehead atoms. The van der Waals surface area contributed by atoms with Crippen LogP contribution in [0.5, 0.6) is 0 Å². The van der Waals surface area contributed by atoms with Crippen molar-refractivity contribution in [2.75, 3.05) is 6.61 Å². The third-order valence-electron chi connectivity index (χ3n) is 3.71. The van der Waals surface area contributed by atoms with Gasteiger partial charge in [0.2, 0.25) is 0 Å². The fourth-order valence-corrected chi connectivity index (χ4v) is 2.68. The zero-order valence-corrected chi connectivity index (χ0v) is 11.5. The monoisotopic (exact) mass is 272 g/mol. The molecule has 1 aromatic heterocycles. The van der Waals surface area contributed by atoms with Crippen LogP contribution in [0.25, 0.3) is 5.69 Å². The van der Waals surface area contributed by atoms with Crippen LogP contribution in [0, 0.1) is 0 Å². The molecule has 1 saturated heterocycles. The Morgan fingerprint density at radius 3 is 2.70 bits per heavy atom. The van der Waals surface area contributed by atoms with Crippen LogP contribution >= 0.6 is 0 Å². The third kappa shape index (κ3) is 2.73. The molecule has 0 spiro atoms. The zero-order valence-electron chi connectivity index (χ0n) is 11.5. The summed E-state index contributed by atoms with van der Waals surface area (Å²) in [5.41, 5.74) is 6.84. The van der Waals surface area contributed by atoms with Crippen LogP contribution in [0.1, 0.15) is 30.9 Å². The average Bonchev–Trinajstić information content (AvgIpc) is 3.15. The Bertz CT molecular complexity index is 546. The van der Waals surface area contributed by atoms with Crippen LogP contribution in [-0.2, 0) is 17.7 Å². The Labute approximate surface area is 118 Å². The van der Waals surface area contributed by atoms with Gasteiger partial charge >= 0.3 is 0 Å². The van der Waals surface area contributed by atoms with E-state index in [2.05, 4.69) is 26.9 Å². The van der Waals surface area contributed by atoms with Gasteiger partial charge in [-0.05, 0) is 31.4 Å². The number of nitrogens with zero attached hydrogens (tertiary/aromatic N) is 3. The summed E-state index contributed by atoms with van der Waals surface area (Å²) in [6.07, 6.45) is 4.56. The molecule has 5 heteroatoms. The zero-order chi connectivity index (χ0) is 13.8. The molecule has 0 aliphatic carbocycles. The second-order valence-corrected chi connectivity index (χ2v) is 5.08. The highest BCUT2D eigenvalue weighted by Crippen LogP contribution is 2.19. The molecule has 2 aromatic rings. The summed E-state index contributed by atoms with van der Waals surface area (Å²) < 4.78 is 7.74. The van der Waals surface area contributed by atoms with Crippen LogP contribution in [0.15, 0.2) is 30.3 Å². The Kier molecular flexibility index (Phi) is 4.08. The lowest BCUT2D eigenvalue weighted by atomic mass is 10.1. The Hall–Kier alpha value is -1.72. The fraction of sp³-hybridized carbons (Fsp3) is 0.467. The molecule has 2 heterocycles. The number of para-hydroxylation sites is 1. The topological polar surface area (TPSA) is 66.0 Å². The molecule has 0 saturated carbocycles. The van der Waals surface area contributed by atoms with Crippen molar-refractivity contribution in [3.05, 3.63) is 42.0 Å². The van der Waals surface area contributed by atoms with Crippen molar-refractivity contribution in [3.8, 4) is 5.69 Å². The Morgan fingerprint density at radius 1 is 1.20 bits per heavy atom. The van der Waals surface area contributed by atoms with Gasteiger partial charge in [0, 0.05) is 18.7 Å². The van der Waals surface area contributed by atoms with Crippen LogP contribution in [-0.4, -0.2) is 27.5 Å². The Balaban J connectivity index is 1.81. The molecule has 2 N–H and O–H groups in total. The molecule has 1 aliphatic rings. The first kappa shape index (κ1) is 13.3. The number of hydrogen-bond donors (Lipinski definition) is 1. The first-order chi connectivity index (χ1) is 9.88. The molecule has 0 radical (unpaired) electrons. The van der Waals surface area contributed by atoms with Crippen molar-refractivity contribution < 1.29 is 4.74 Å². The van der Waals surface area contributed by atoms with E-state index >= 15 is 0 Å². The SMILES string of the molecule is NCc1nnc(CCC2CCCO2)n1-c1ccccc1. The van der Waals surface area contributed by atoms with E-state index < -0.39 is 0 Å². The molecule has 1 unspecified atom stereocenters. The summed E-state index contributed by atoms with van der Waals surface area (Å²) >= 11 is 0. The lowest BCUT2D eigenvalue weighted by Crippen LogP contribution is -2.12. The predicted octanol–water partition coefficient (Wildman–Crippen LogP) is 1.84. The van der Waals surface area contributed by atoms with Gasteiger partial charge in [0.05, 0.1) is 12.6 Å². The summed E-state index contributed by atoms with van der Waals surface area (Å²) in [6, 6.07) is 10.1. The van der Waals surface area contributed by atoms with E-state index in [0.717, 1.165) is 43.2 Å². The smallest absolute Gasteiger partial charge is 0.151 e. The van der Waals surface area contributed by atoms with Crippen LogP contribution in [0.3, 0.4) is 0 Å². The van der Waals surface area contributed by atoms with Crippen molar-refractivity contribution in [3.63, 3.8) is 0 Å². The van der Waals surface area contributed by atoms with Crippen LogP contribution in [0.4, 0.5) is 0 Å². The highest BCUT2D eigenvalue weighted by Gasteiger charge is 2.18. The number of aryl methyl sites for hydroxylation is 1. The second-order valence-electron chi connectivity index (χ2n) is 5.08. The summed E-state index contributed by atoms with van der Waals surface area (Å²) in [7, 11) is 0. The molecule has 3 rings (SSSR count). The van der Waals surface area contributed by atoms with E-state index in [1.54, 1.807) is 0 Å². The molecule has 1 aliphatic heterocycles. The molecule has 1 aromatic carbocycles. The number of nitrogens with two attached hydrogens (primary N) is 1.